The third kappa shape index (κ3) is 2.97. The number of nitrogens with one attached hydrogen (secondary N) is 1. The van der Waals surface area contributed by atoms with Gasteiger partial charge in [-0.05, 0) is 37.1 Å². The molecule has 21 heavy (non-hydrogen) atoms. The molecule has 3 N–H and O–H groups in total. The number of hydrazine groups is 1. The molecule has 0 bridgehead atoms. The van der Waals surface area contributed by atoms with Crippen molar-refractivity contribution in [2.45, 2.75) is 31.6 Å². The van der Waals surface area contributed by atoms with Crippen molar-refractivity contribution in [1.82, 2.24) is 9.97 Å². The molecule has 1 aliphatic rings. The van der Waals surface area contributed by atoms with Crippen molar-refractivity contribution in [3.05, 3.63) is 36.0 Å². The van der Waals surface area contributed by atoms with Gasteiger partial charge in [-0.1, -0.05) is 12.8 Å². The van der Waals surface area contributed by atoms with Gasteiger partial charge < -0.3 is 10.2 Å². The summed E-state index contributed by atoms with van der Waals surface area (Å²) in [5.41, 5.74) is 4.70. The molecule has 0 unspecified atom stereocenters. The molecule has 1 fully saturated rings. The molecule has 1 saturated carbocycles. The molecular weight excluding hydrogens is 264 g/mol. The largest absolute Gasteiger partial charge is 0.497 e. The minimum absolute atomic E-state index is 0.525. The van der Waals surface area contributed by atoms with E-state index in [1.807, 2.05) is 30.3 Å². The Morgan fingerprint density at radius 1 is 1.14 bits per heavy atom. The van der Waals surface area contributed by atoms with Crippen LogP contribution in [0.4, 0.5) is 5.82 Å². The maximum Gasteiger partial charge on any atom is 0.161 e. The van der Waals surface area contributed by atoms with Crippen molar-refractivity contribution in [3.8, 4) is 17.1 Å². The summed E-state index contributed by atoms with van der Waals surface area (Å²) in [7, 11) is 1.66. The van der Waals surface area contributed by atoms with Gasteiger partial charge >= 0.3 is 0 Å². The third-order valence-electron chi connectivity index (χ3n) is 4.02. The molecule has 1 heterocycles. The first-order valence-corrected chi connectivity index (χ1v) is 7.30. The molecule has 5 heteroatoms. The van der Waals surface area contributed by atoms with Gasteiger partial charge in [-0.2, -0.15) is 0 Å². The Morgan fingerprint density at radius 3 is 2.48 bits per heavy atom. The van der Waals surface area contributed by atoms with Gasteiger partial charge in [0.25, 0.3) is 0 Å². The third-order valence-corrected chi connectivity index (χ3v) is 4.02. The SMILES string of the molecule is COc1ccc(-c2nc(NN)cc(C3CCCC3)n2)cc1. The van der Waals surface area contributed by atoms with E-state index in [2.05, 4.69) is 10.4 Å². The fourth-order valence-electron chi connectivity index (χ4n) is 2.84. The number of hydrogen-bond donors (Lipinski definition) is 2. The van der Waals surface area contributed by atoms with E-state index >= 15 is 0 Å². The number of methoxy groups -OCH3 is 1. The quantitative estimate of drug-likeness (QED) is 0.666. The molecule has 0 radical (unpaired) electrons. The molecule has 0 atom stereocenters. The number of nitrogens with zero attached hydrogens (tertiary/aromatic N) is 2. The Morgan fingerprint density at radius 2 is 1.86 bits per heavy atom. The molecule has 1 aromatic heterocycles. The number of ether oxygens (including phenoxy) is 1. The second-order valence-electron chi connectivity index (χ2n) is 5.36. The van der Waals surface area contributed by atoms with Crippen molar-refractivity contribution in [1.29, 1.82) is 0 Å². The van der Waals surface area contributed by atoms with Gasteiger partial charge in [0.1, 0.15) is 11.6 Å². The number of hydrogen-bond acceptors (Lipinski definition) is 5. The summed E-state index contributed by atoms with van der Waals surface area (Å²) in [5.74, 6) is 8.27. The lowest BCUT2D eigenvalue weighted by atomic mass is 10.0. The summed E-state index contributed by atoms with van der Waals surface area (Å²) in [5, 5.41) is 0. The first-order chi connectivity index (χ1) is 10.3. The van der Waals surface area contributed by atoms with Crippen LogP contribution in [0.5, 0.6) is 5.75 Å². The second kappa shape index (κ2) is 6.10. The zero-order chi connectivity index (χ0) is 14.7. The van der Waals surface area contributed by atoms with Crippen molar-refractivity contribution in [2.75, 3.05) is 12.5 Å². The van der Waals surface area contributed by atoms with E-state index in [1.54, 1.807) is 7.11 Å². The average Bonchev–Trinajstić information content (AvgIpc) is 3.09. The Kier molecular flexibility index (Phi) is 4.01. The van der Waals surface area contributed by atoms with E-state index in [0.29, 0.717) is 17.6 Å². The number of nitrogen functional groups attached to an aromatic ring is 1. The average molecular weight is 284 g/mol. The van der Waals surface area contributed by atoms with Crippen molar-refractivity contribution in [2.24, 2.45) is 5.84 Å². The second-order valence-corrected chi connectivity index (χ2v) is 5.36. The van der Waals surface area contributed by atoms with Crippen LogP contribution in [-0.2, 0) is 0 Å². The number of aromatic nitrogens is 2. The van der Waals surface area contributed by atoms with Gasteiger partial charge in [0.15, 0.2) is 5.82 Å². The molecule has 0 aliphatic heterocycles. The fraction of sp³-hybridized carbons (Fsp3) is 0.375. The Bertz CT molecular complexity index is 606. The van der Waals surface area contributed by atoms with Gasteiger partial charge in [0, 0.05) is 23.2 Å². The molecule has 0 amide bonds. The van der Waals surface area contributed by atoms with Crippen LogP contribution in [-0.4, -0.2) is 17.1 Å². The van der Waals surface area contributed by atoms with E-state index in [4.69, 9.17) is 15.6 Å². The molecule has 3 rings (SSSR count). The monoisotopic (exact) mass is 284 g/mol. The van der Waals surface area contributed by atoms with Gasteiger partial charge in [0.2, 0.25) is 0 Å². The van der Waals surface area contributed by atoms with Crippen LogP contribution < -0.4 is 16.0 Å². The van der Waals surface area contributed by atoms with E-state index in [-0.39, 0.29) is 0 Å². The van der Waals surface area contributed by atoms with Crippen molar-refractivity contribution < 1.29 is 4.74 Å². The topological polar surface area (TPSA) is 73.1 Å². The van der Waals surface area contributed by atoms with Crippen LogP contribution in [0.25, 0.3) is 11.4 Å². The van der Waals surface area contributed by atoms with Crippen LogP contribution in [0.2, 0.25) is 0 Å². The van der Waals surface area contributed by atoms with Crippen LogP contribution in [0.3, 0.4) is 0 Å². The summed E-state index contributed by atoms with van der Waals surface area (Å²) < 4.78 is 5.18. The summed E-state index contributed by atoms with van der Waals surface area (Å²) in [4.78, 5) is 9.20. The van der Waals surface area contributed by atoms with Gasteiger partial charge in [0.05, 0.1) is 7.11 Å². The molecule has 5 nitrogen and oxygen atoms in total. The lowest BCUT2D eigenvalue weighted by Gasteiger charge is -2.12. The highest BCUT2D eigenvalue weighted by atomic mass is 16.5. The van der Waals surface area contributed by atoms with Crippen LogP contribution in [0, 0.1) is 0 Å². The minimum atomic E-state index is 0.525. The van der Waals surface area contributed by atoms with Crippen LogP contribution in [0.1, 0.15) is 37.3 Å². The maximum atomic E-state index is 5.55. The highest BCUT2D eigenvalue weighted by molar-refractivity contribution is 5.58. The van der Waals surface area contributed by atoms with E-state index in [1.165, 1.54) is 25.7 Å². The van der Waals surface area contributed by atoms with Crippen LogP contribution in [0.15, 0.2) is 30.3 Å². The number of anilines is 1. The van der Waals surface area contributed by atoms with E-state index < -0.39 is 0 Å². The minimum Gasteiger partial charge on any atom is -0.497 e. The summed E-state index contributed by atoms with van der Waals surface area (Å²) in [6.07, 6.45) is 4.95. The summed E-state index contributed by atoms with van der Waals surface area (Å²) in [6, 6.07) is 9.72. The Balaban J connectivity index is 1.97. The van der Waals surface area contributed by atoms with Gasteiger partial charge in [-0.25, -0.2) is 15.8 Å². The zero-order valence-electron chi connectivity index (χ0n) is 12.2. The molecule has 1 aliphatic carbocycles. The van der Waals surface area contributed by atoms with E-state index in [9.17, 15) is 0 Å². The van der Waals surface area contributed by atoms with Crippen molar-refractivity contribution >= 4 is 5.82 Å². The van der Waals surface area contributed by atoms with Crippen molar-refractivity contribution in [3.63, 3.8) is 0 Å². The first kappa shape index (κ1) is 13.8. The van der Waals surface area contributed by atoms with E-state index in [0.717, 1.165) is 17.0 Å². The number of benzene rings is 1. The molecule has 0 saturated heterocycles. The standard InChI is InChI=1S/C16H20N4O/c1-21-13-8-6-12(7-9-13)16-18-14(10-15(19-16)20-17)11-4-2-3-5-11/h6-11H,2-5,17H2,1H3,(H,18,19,20). The highest BCUT2D eigenvalue weighted by Gasteiger charge is 2.20. The predicted molar refractivity (Wildman–Crippen MR) is 83.0 cm³/mol. The summed E-state index contributed by atoms with van der Waals surface area (Å²) in [6.45, 7) is 0. The van der Waals surface area contributed by atoms with Gasteiger partial charge in [-0.3, -0.25) is 0 Å². The van der Waals surface area contributed by atoms with Gasteiger partial charge in [-0.15, -0.1) is 0 Å². The molecule has 2 aromatic rings. The lowest BCUT2D eigenvalue weighted by molar-refractivity contribution is 0.415. The normalized spacial score (nSPS) is 15.1. The zero-order valence-corrected chi connectivity index (χ0v) is 12.2. The highest BCUT2D eigenvalue weighted by Crippen LogP contribution is 2.34. The Hall–Kier alpha value is -2.14. The first-order valence-electron chi connectivity index (χ1n) is 7.30. The molecule has 1 aromatic carbocycles. The molecular formula is C16H20N4O. The number of nitrogens with two attached hydrogens (primary N) is 1. The predicted octanol–water partition coefficient (Wildman–Crippen LogP) is 3.10. The maximum absolute atomic E-state index is 5.55. The lowest BCUT2D eigenvalue weighted by Crippen LogP contribution is -2.11. The molecule has 0 spiro atoms. The smallest absolute Gasteiger partial charge is 0.161 e. The molecule has 110 valence electrons. The summed E-state index contributed by atoms with van der Waals surface area (Å²) >= 11 is 0. The Labute approximate surface area is 124 Å². The van der Waals surface area contributed by atoms with Crippen LogP contribution >= 0.6 is 0 Å². The number of rotatable bonds is 4. The fourth-order valence-corrected chi connectivity index (χ4v) is 2.84.